The Balaban J connectivity index is 1.35. The standard InChI is InChI=1S/C24H31N3O3/c28-24(21-7-3-4-20(16-21)18-26-8-12-29-13-9-26)25-17-22-5-1-2-6-23(22)19-27-10-14-30-15-11-27/h1-7,16H,8-15,17-19H2,(H,25,28). The van der Waals surface area contributed by atoms with Crippen LogP contribution in [0.15, 0.2) is 48.5 Å². The Morgan fingerprint density at radius 2 is 1.43 bits per heavy atom. The van der Waals surface area contributed by atoms with Crippen LogP contribution in [0.1, 0.15) is 27.0 Å². The monoisotopic (exact) mass is 409 g/mol. The lowest BCUT2D eigenvalue weighted by molar-refractivity contribution is 0.0340. The molecule has 0 unspecified atom stereocenters. The number of amides is 1. The van der Waals surface area contributed by atoms with Gasteiger partial charge in [-0.3, -0.25) is 14.6 Å². The molecule has 160 valence electrons. The minimum atomic E-state index is -0.0278. The van der Waals surface area contributed by atoms with Crippen LogP contribution in [-0.4, -0.2) is 68.3 Å². The van der Waals surface area contributed by atoms with Crippen molar-refractivity contribution in [3.8, 4) is 0 Å². The summed E-state index contributed by atoms with van der Waals surface area (Å²) in [7, 11) is 0. The Morgan fingerprint density at radius 1 is 0.800 bits per heavy atom. The molecule has 6 heteroatoms. The van der Waals surface area contributed by atoms with Gasteiger partial charge in [-0.25, -0.2) is 0 Å². The maximum atomic E-state index is 12.8. The first-order valence-corrected chi connectivity index (χ1v) is 10.8. The number of nitrogens with one attached hydrogen (secondary N) is 1. The van der Waals surface area contributed by atoms with Crippen LogP contribution in [0.4, 0.5) is 0 Å². The molecule has 2 aromatic carbocycles. The number of morpholine rings is 2. The fourth-order valence-electron chi connectivity index (χ4n) is 3.99. The van der Waals surface area contributed by atoms with Crippen LogP contribution in [-0.2, 0) is 29.1 Å². The van der Waals surface area contributed by atoms with Crippen molar-refractivity contribution in [2.75, 3.05) is 52.6 Å². The van der Waals surface area contributed by atoms with E-state index in [9.17, 15) is 4.79 Å². The highest BCUT2D eigenvalue weighted by molar-refractivity contribution is 5.94. The van der Waals surface area contributed by atoms with Gasteiger partial charge in [-0.15, -0.1) is 0 Å². The van der Waals surface area contributed by atoms with Gasteiger partial charge in [0.2, 0.25) is 0 Å². The van der Waals surface area contributed by atoms with Crippen LogP contribution in [0.5, 0.6) is 0 Å². The van der Waals surface area contributed by atoms with Crippen molar-refractivity contribution >= 4 is 5.91 Å². The summed E-state index contributed by atoms with van der Waals surface area (Å²) in [4.78, 5) is 17.6. The lowest BCUT2D eigenvalue weighted by Gasteiger charge is -2.27. The summed E-state index contributed by atoms with van der Waals surface area (Å²) in [5.41, 5.74) is 4.31. The first-order valence-electron chi connectivity index (χ1n) is 10.8. The van der Waals surface area contributed by atoms with Crippen LogP contribution in [0.3, 0.4) is 0 Å². The van der Waals surface area contributed by atoms with Crippen LogP contribution in [0, 0.1) is 0 Å². The number of nitrogens with zero attached hydrogens (tertiary/aromatic N) is 2. The molecule has 2 fully saturated rings. The van der Waals surface area contributed by atoms with Crippen molar-refractivity contribution < 1.29 is 14.3 Å². The predicted octanol–water partition coefficient (Wildman–Crippen LogP) is 2.28. The lowest BCUT2D eigenvalue weighted by Crippen LogP contribution is -2.36. The molecule has 0 spiro atoms. The summed E-state index contributed by atoms with van der Waals surface area (Å²) in [5.74, 6) is -0.0278. The second-order valence-electron chi connectivity index (χ2n) is 7.93. The number of hydrogen-bond donors (Lipinski definition) is 1. The van der Waals surface area contributed by atoms with E-state index in [1.165, 1.54) is 11.1 Å². The molecule has 6 nitrogen and oxygen atoms in total. The molecule has 2 saturated heterocycles. The number of ether oxygens (including phenoxy) is 2. The van der Waals surface area contributed by atoms with E-state index in [2.05, 4.69) is 39.4 Å². The lowest BCUT2D eigenvalue weighted by atomic mass is 10.1. The zero-order valence-electron chi connectivity index (χ0n) is 17.5. The number of carbonyl (C=O) groups is 1. The van der Waals surface area contributed by atoms with E-state index in [4.69, 9.17) is 9.47 Å². The predicted molar refractivity (Wildman–Crippen MR) is 116 cm³/mol. The fraction of sp³-hybridized carbons (Fsp3) is 0.458. The van der Waals surface area contributed by atoms with E-state index in [0.717, 1.165) is 71.3 Å². The van der Waals surface area contributed by atoms with Gasteiger partial charge >= 0.3 is 0 Å². The highest BCUT2D eigenvalue weighted by atomic mass is 16.5. The topological polar surface area (TPSA) is 54.0 Å². The van der Waals surface area contributed by atoms with Crippen LogP contribution in [0.2, 0.25) is 0 Å². The van der Waals surface area contributed by atoms with Gasteiger partial charge in [0.15, 0.2) is 0 Å². The zero-order chi connectivity index (χ0) is 20.6. The molecule has 0 atom stereocenters. The van der Waals surface area contributed by atoms with E-state index < -0.39 is 0 Å². The molecule has 2 aliphatic rings. The molecular weight excluding hydrogens is 378 g/mol. The van der Waals surface area contributed by atoms with Gasteiger partial charge in [0.05, 0.1) is 26.4 Å². The van der Waals surface area contributed by atoms with E-state index in [1.54, 1.807) is 0 Å². The summed E-state index contributed by atoms with van der Waals surface area (Å²) in [6, 6.07) is 16.3. The Kier molecular flexibility index (Phi) is 7.48. The van der Waals surface area contributed by atoms with Gasteiger partial charge in [0.25, 0.3) is 5.91 Å². The molecule has 4 rings (SSSR count). The highest BCUT2D eigenvalue weighted by Gasteiger charge is 2.14. The molecule has 1 N–H and O–H groups in total. The van der Waals surface area contributed by atoms with Crippen LogP contribution < -0.4 is 5.32 Å². The Morgan fingerprint density at radius 3 is 2.13 bits per heavy atom. The molecule has 0 radical (unpaired) electrons. The molecule has 0 aromatic heterocycles. The van der Waals surface area contributed by atoms with E-state index in [1.807, 2.05) is 24.3 Å². The second-order valence-corrected chi connectivity index (χ2v) is 7.93. The summed E-state index contributed by atoms with van der Waals surface area (Å²) in [5, 5.41) is 3.11. The Labute approximate surface area is 178 Å². The SMILES string of the molecule is O=C(NCc1ccccc1CN1CCOCC1)c1cccc(CN2CCOCC2)c1. The first kappa shape index (κ1) is 21.0. The van der Waals surface area contributed by atoms with Crippen LogP contribution >= 0.6 is 0 Å². The number of carbonyl (C=O) groups excluding carboxylic acids is 1. The number of hydrogen-bond acceptors (Lipinski definition) is 5. The van der Waals surface area contributed by atoms with Crippen molar-refractivity contribution in [1.82, 2.24) is 15.1 Å². The molecule has 0 bridgehead atoms. The Bertz CT molecular complexity index is 830. The molecule has 2 heterocycles. The highest BCUT2D eigenvalue weighted by Crippen LogP contribution is 2.14. The third-order valence-electron chi connectivity index (χ3n) is 5.75. The van der Waals surface area contributed by atoms with Crippen LogP contribution in [0.25, 0.3) is 0 Å². The van der Waals surface area contributed by atoms with Crippen molar-refractivity contribution in [2.45, 2.75) is 19.6 Å². The van der Waals surface area contributed by atoms with Gasteiger partial charge in [0, 0.05) is 51.4 Å². The first-order chi connectivity index (χ1) is 14.8. The average molecular weight is 410 g/mol. The van der Waals surface area contributed by atoms with Crippen molar-refractivity contribution in [2.24, 2.45) is 0 Å². The summed E-state index contributed by atoms with van der Waals surface area (Å²) >= 11 is 0. The molecule has 2 aliphatic heterocycles. The second kappa shape index (κ2) is 10.7. The van der Waals surface area contributed by atoms with Gasteiger partial charge in [-0.05, 0) is 28.8 Å². The summed E-state index contributed by atoms with van der Waals surface area (Å²) < 4.78 is 10.9. The minimum absolute atomic E-state index is 0.0278. The van der Waals surface area contributed by atoms with Crippen molar-refractivity contribution in [1.29, 1.82) is 0 Å². The van der Waals surface area contributed by atoms with Gasteiger partial charge in [-0.2, -0.15) is 0 Å². The normalized spacial score (nSPS) is 18.3. The fourth-order valence-corrected chi connectivity index (χ4v) is 3.99. The molecule has 0 saturated carbocycles. The third-order valence-corrected chi connectivity index (χ3v) is 5.75. The maximum Gasteiger partial charge on any atom is 0.251 e. The zero-order valence-corrected chi connectivity index (χ0v) is 17.5. The summed E-state index contributed by atoms with van der Waals surface area (Å²) in [6.07, 6.45) is 0. The number of rotatable bonds is 7. The summed E-state index contributed by atoms with van der Waals surface area (Å²) in [6.45, 7) is 9.22. The van der Waals surface area contributed by atoms with Crippen molar-refractivity contribution in [3.63, 3.8) is 0 Å². The molecule has 1 amide bonds. The largest absolute Gasteiger partial charge is 0.379 e. The van der Waals surface area contributed by atoms with Gasteiger partial charge in [-0.1, -0.05) is 36.4 Å². The number of benzene rings is 2. The van der Waals surface area contributed by atoms with E-state index in [-0.39, 0.29) is 5.91 Å². The Hall–Kier alpha value is -2.25. The maximum absolute atomic E-state index is 12.8. The molecular formula is C24H31N3O3. The minimum Gasteiger partial charge on any atom is -0.379 e. The quantitative estimate of drug-likeness (QED) is 0.761. The molecule has 30 heavy (non-hydrogen) atoms. The van der Waals surface area contributed by atoms with Gasteiger partial charge < -0.3 is 14.8 Å². The molecule has 0 aliphatic carbocycles. The van der Waals surface area contributed by atoms with Gasteiger partial charge in [0.1, 0.15) is 0 Å². The molecule has 2 aromatic rings. The average Bonchev–Trinajstić information content (AvgIpc) is 2.80. The smallest absolute Gasteiger partial charge is 0.251 e. The van der Waals surface area contributed by atoms with E-state index in [0.29, 0.717) is 12.1 Å². The third kappa shape index (κ3) is 5.89. The van der Waals surface area contributed by atoms with E-state index >= 15 is 0 Å². The van der Waals surface area contributed by atoms with Crippen molar-refractivity contribution in [3.05, 3.63) is 70.8 Å².